The molecule has 0 amide bonds. The summed E-state index contributed by atoms with van der Waals surface area (Å²) in [5.41, 5.74) is 0.129. The van der Waals surface area contributed by atoms with Gasteiger partial charge in [-0.1, -0.05) is 30.3 Å². The molecule has 1 heterocycles. The lowest BCUT2D eigenvalue weighted by Crippen LogP contribution is -2.40. The number of carbonyl (C=O) groups is 1. The quantitative estimate of drug-likeness (QED) is 0.826. The summed E-state index contributed by atoms with van der Waals surface area (Å²) >= 11 is 0. The van der Waals surface area contributed by atoms with Crippen molar-refractivity contribution < 1.29 is 27.5 Å². The van der Waals surface area contributed by atoms with Crippen molar-refractivity contribution in [3.8, 4) is 0 Å². The molecule has 0 bridgehead atoms. The molecule has 1 aromatic carbocycles. The predicted molar refractivity (Wildman–Crippen MR) is 69.8 cm³/mol. The van der Waals surface area contributed by atoms with E-state index in [1.807, 2.05) is 30.3 Å². The molecule has 0 unspecified atom stereocenters. The molecule has 1 saturated heterocycles. The van der Waals surface area contributed by atoms with Crippen molar-refractivity contribution in [2.75, 3.05) is 13.1 Å². The van der Waals surface area contributed by atoms with Crippen molar-refractivity contribution >= 4 is 5.97 Å². The van der Waals surface area contributed by atoms with E-state index < -0.39 is 17.8 Å². The highest BCUT2D eigenvalue weighted by atomic mass is 19.4. The molecule has 0 saturated carbocycles. The van der Waals surface area contributed by atoms with Gasteiger partial charge >= 0.3 is 12.1 Å². The van der Waals surface area contributed by atoms with Gasteiger partial charge in [-0.05, 0) is 31.5 Å². The van der Waals surface area contributed by atoms with Gasteiger partial charge in [-0.15, -0.1) is 0 Å². The highest BCUT2D eigenvalue weighted by Gasteiger charge is 2.38. The number of carboxylic acid groups (broad SMARTS) is 1. The first-order valence-corrected chi connectivity index (χ1v) is 6.47. The maximum atomic E-state index is 14.2. The second-order valence-corrected chi connectivity index (χ2v) is 4.87. The summed E-state index contributed by atoms with van der Waals surface area (Å²) in [6.07, 6.45) is -3.24. The molecule has 1 fully saturated rings. The predicted octanol–water partition coefficient (Wildman–Crippen LogP) is 2.95. The fraction of sp³-hybridized carbons (Fsp3) is 0.500. The minimum absolute atomic E-state index is 0.565. The van der Waals surface area contributed by atoms with E-state index in [9.17, 15) is 17.6 Å². The van der Waals surface area contributed by atoms with Crippen molar-refractivity contribution in [2.24, 2.45) is 0 Å². The van der Waals surface area contributed by atoms with E-state index in [1.165, 1.54) is 0 Å². The molecule has 2 rings (SSSR count). The number of nitrogens with one attached hydrogen (secondary N) is 1. The minimum atomic E-state index is -5.08. The Labute approximate surface area is 120 Å². The summed E-state index contributed by atoms with van der Waals surface area (Å²) in [7, 11) is 0. The highest BCUT2D eigenvalue weighted by molar-refractivity contribution is 5.73. The molecule has 0 spiro atoms. The molecular formula is C14H17F4NO2. The Morgan fingerprint density at radius 2 is 1.67 bits per heavy atom. The lowest BCUT2D eigenvalue weighted by atomic mass is 9.88. The van der Waals surface area contributed by atoms with Crippen LogP contribution in [0.15, 0.2) is 30.3 Å². The normalized spacial score (nSPS) is 17.5. The highest BCUT2D eigenvalue weighted by Crippen LogP contribution is 2.27. The summed E-state index contributed by atoms with van der Waals surface area (Å²) in [5, 5.41) is 10.3. The molecule has 1 aromatic rings. The monoisotopic (exact) mass is 307 g/mol. The fourth-order valence-electron chi connectivity index (χ4n) is 2.01. The summed E-state index contributed by atoms with van der Waals surface area (Å²) in [6.45, 7) is 1.62. The van der Waals surface area contributed by atoms with Gasteiger partial charge in [0.1, 0.15) is 5.67 Å². The number of rotatable bonds is 2. The molecule has 7 heteroatoms. The number of alkyl halides is 4. The van der Waals surface area contributed by atoms with Crippen LogP contribution in [0, 0.1) is 0 Å². The topological polar surface area (TPSA) is 49.3 Å². The van der Waals surface area contributed by atoms with Gasteiger partial charge in [-0.25, -0.2) is 9.18 Å². The Balaban J connectivity index is 0.000000270. The van der Waals surface area contributed by atoms with Crippen LogP contribution in [0.3, 0.4) is 0 Å². The van der Waals surface area contributed by atoms with E-state index in [0.29, 0.717) is 19.3 Å². The lowest BCUT2D eigenvalue weighted by molar-refractivity contribution is -0.192. The molecule has 21 heavy (non-hydrogen) atoms. The molecule has 1 aliphatic heterocycles. The molecule has 0 aromatic heterocycles. The first-order valence-electron chi connectivity index (χ1n) is 6.47. The van der Waals surface area contributed by atoms with E-state index in [1.54, 1.807) is 0 Å². The molecular weight excluding hydrogens is 290 g/mol. The van der Waals surface area contributed by atoms with Crippen LogP contribution in [-0.2, 0) is 11.2 Å². The average Bonchev–Trinajstić information content (AvgIpc) is 2.39. The first kappa shape index (κ1) is 17.4. The number of carboxylic acids is 1. The van der Waals surface area contributed by atoms with E-state index in [4.69, 9.17) is 9.90 Å². The molecule has 1 aliphatic rings. The summed E-state index contributed by atoms with van der Waals surface area (Å²) in [4.78, 5) is 8.90. The van der Waals surface area contributed by atoms with Gasteiger partial charge in [-0.3, -0.25) is 0 Å². The Morgan fingerprint density at radius 1 is 1.19 bits per heavy atom. The third-order valence-electron chi connectivity index (χ3n) is 3.11. The average molecular weight is 307 g/mol. The van der Waals surface area contributed by atoms with Gasteiger partial charge in [-0.2, -0.15) is 13.2 Å². The number of aliphatic carboxylic acids is 1. The van der Waals surface area contributed by atoms with Crippen molar-refractivity contribution in [2.45, 2.75) is 31.1 Å². The Hall–Kier alpha value is -1.63. The molecule has 0 aliphatic carbocycles. The lowest BCUT2D eigenvalue weighted by Gasteiger charge is -2.30. The van der Waals surface area contributed by atoms with Gasteiger partial charge in [0.15, 0.2) is 0 Å². The maximum Gasteiger partial charge on any atom is 0.490 e. The summed E-state index contributed by atoms with van der Waals surface area (Å²) in [5.74, 6) is -2.76. The second kappa shape index (κ2) is 7.40. The first-order chi connectivity index (χ1) is 9.73. The van der Waals surface area contributed by atoms with Crippen molar-refractivity contribution in [1.82, 2.24) is 5.32 Å². The van der Waals surface area contributed by atoms with Crippen LogP contribution in [0.25, 0.3) is 0 Å². The van der Waals surface area contributed by atoms with Crippen LogP contribution >= 0.6 is 0 Å². The van der Waals surface area contributed by atoms with Crippen molar-refractivity contribution in [3.05, 3.63) is 35.9 Å². The number of hydrogen-bond acceptors (Lipinski definition) is 2. The van der Waals surface area contributed by atoms with Crippen LogP contribution in [0.5, 0.6) is 0 Å². The third-order valence-corrected chi connectivity index (χ3v) is 3.11. The van der Waals surface area contributed by atoms with Crippen molar-refractivity contribution in [3.63, 3.8) is 0 Å². The Bertz CT molecular complexity index is 442. The minimum Gasteiger partial charge on any atom is -0.475 e. The van der Waals surface area contributed by atoms with E-state index in [0.717, 1.165) is 18.7 Å². The van der Waals surface area contributed by atoms with Gasteiger partial charge in [0.25, 0.3) is 0 Å². The fourth-order valence-corrected chi connectivity index (χ4v) is 2.01. The third kappa shape index (κ3) is 6.57. The smallest absolute Gasteiger partial charge is 0.475 e. The summed E-state index contributed by atoms with van der Waals surface area (Å²) < 4.78 is 46.0. The Morgan fingerprint density at radius 3 is 2.10 bits per heavy atom. The van der Waals surface area contributed by atoms with E-state index in [2.05, 4.69) is 5.32 Å². The van der Waals surface area contributed by atoms with Crippen molar-refractivity contribution in [1.29, 1.82) is 0 Å². The van der Waals surface area contributed by atoms with Crippen LogP contribution < -0.4 is 5.32 Å². The SMILES string of the molecule is FC1(Cc2ccccc2)CCNCC1.O=C(O)C(F)(F)F. The van der Waals surface area contributed by atoms with E-state index >= 15 is 0 Å². The largest absolute Gasteiger partial charge is 0.490 e. The molecule has 3 nitrogen and oxygen atoms in total. The van der Waals surface area contributed by atoms with Crippen LogP contribution in [-0.4, -0.2) is 36.0 Å². The molecule has 0 radical (unpaired) electrons. The molecule has 2 N–H and O–H groups in total. The van der Waals surface area contributed by atoms with E-state index in [-0.39, 0.29) is 0 Å². The number of benzene rings is 1. The maximum absolute atomic E-state index is 14.2. The number of halogens is 4. The van der Waals surface area contributed by atoms with Gasteiger partial charge in [0.2, 0.25) is 0 Å². The summed E-state index contributed by atoms with van der Waals surface area (Å²) in [6, 6.07) is 9.92. The Kier molecular flexibility index (Phi) is 6.14. The van der Waals surface area contributed by atoms with Gasteiger partial charge in [0.05, 0.1) is 0 Å². The standard InChI is InChI=1S/C12H16FN.C2HF3O2/c13-12(6-8-14-9-7-12)10-11-4-2-1-3-5-11;3-2(4,5)1(6)7/h1-5,14H,6-10H2;(H,6,7). The zero-order valence-corrected chi connectivity index (χ0v) is 11.3. The zero-order valence-electron chi connectivity index (χ0n) is 11.3. The van der Waals surface area contributed by atoms with Crippen LogP contribution in [0.4, 0.5) is 17.6 Å². The zero-order chi connectivity index (χ0) is 15.9. The van der Waals surface area contributed by atoms with Gasteiger partial charge in [0, 0.05) is 6.42 Å². The number of piperidine rings is 1. The second-order valence-electron chi connectivity index (χ2n) is 4.87. The van der Waals surface area contributed by atoms with Gasteiger partial charge < -0.3 is 10.4 Å². The molecule has 0 atom stereocenters. The molecule has 118 valence electrons. The number of hydrogen-bond donors (Lipinski definition) is 2. The van der Waals surface area contributed by atoms with Crippen LogP contribution in [0.1, 0.15) is 18.4 Å². The van der Waals surface area contributed by atoms with Crippen LogP contribution in [0.2, 0.25) is 0 Å².